The van der Waals surface area contributed by atoms with E-state index >= 15 is 0 Å². The molecule has 16 heavy (non-hydrogen) atoms. The second-order valence-corrected chi connectivity index (χ2v) is 3.95. The summed E-state index contributed by atoms with van der Waals surface area (Å²) in [4.78, 5) is 13.6. The van der Waals surface area contributed by atoms with Crippen molar-refractivity contribution in [2.24, 2.45) is 5.73 Å². The average molecular weight is 251 g/mol. The molecule has 2 N–H and O–H groups in total. The quantitative estimate of drug-likeness (QED) is 0.721. The number of halogens is 1. The lowest BCUT2D eigenvalue weighted by Crippen LogP contribution is -2.40. The molecule has 0 aromatic rings. The fourth-order valence-electron chi connectivity index (χ4n) is 1.74. The topological polar surface area (TPSA) is 55.6 Å². The van der Waals surface area contributed by atoms with E-state index in [0.717, 1.165) is 45.3 Å². The van der Waals surface area contributed by atoms with Gasteiger partial charge in [-0.3, -0.25) is 4.79 Å². The van der Waals surface area contributed by atoms with Crippen molar-refractivity contribution in [3.8, 4) is 0 Å². The molecular weight excluding hydrogens is 228 g/mol. The van der Waals surface area contributed by atoms with Gasteiger partial charge in [0.25, 0.3) is 0 Å². The minimum absolute atomic E-state index is 0. The predicted octanol–water partition coefficient (Wildman–Crippen LogP) is 1.18. The molecule has 1 heterocycles. The Labute approximate surface area is 104 Å². The van der Waals surface area contributed by atoms with Crippen molar-refractivity contribution in [1.82, 2.24) is 4.90 Å². The van der Waals surface area contributed by atoms with Crippen molar-refractivity contribution in [3.63, 3.8) is 0 Å². The Balaban J connectivity index is 0.00000225. The summed E-state index contributed by atoms with van der Waals surface area (Å²) in [5.74, 6) is 0.283. The van der Waals surface area contributed by atoms with E-state index in [4.69, 9.17) is 10.5 Å². The van der Waals surface area contributed by atoms with E-state index in [0.29, 0.717) is 19.6 Å². The second kappa shape index (κ2) is 9.87. The second-order valence-electron chi connectivity index (χ2n) is 3.95. The van der Waals surface area contributed by atoms with Crippen LogP contribution in [0.2, 0.25) is 0 Å². The summed E-state index contributed by atoms with van der Waals surface area (Å²) in [6.07, 6.45) is 5.02. The molecule has 0 aliphatic carbocycles. The van der Waals surface area contributed by atoms with Gasteiger partial charge in [0, 0.05) is 19.5 Å². The highest BCUT2D eigenvalue weighted by molar-refractivity contribution is 5.85. The van der Waals surface area contributed by atoms with Crippen LogP contribution in [0.25, 0.3) is 0 Å². The van der Waals surface area contributed by atoms with Crippen LogP contribution in [-0.4, -0.2) is 43.7 Å². The first-order valence-electron chi connectivity index (χ1n) is 5.90. The van der Waals surface area contributed by atoms with Gasteiger partial charge in [-0.15, -0.1) is 12.4 Å². The first-order valence-corrected chi connectivity index (χ1v) is 5.90. The van der Waals surface area contributed by atoms with E-state index in [9.17, 15) is 4.79 Å². The SMILES string of the molecule is Cl.NCCCCCCC(=O)N1CCOCC1. The molecule has 4 nitrogen and oxygen atoms in total. The molecule has 0 saturated carbocycles. The van der Waals surface area contributed by atoms with Crippen molar-refractivity contribution in [2.75, 3.05) is 32.8 Å². The number of carbonyl (C=O) groups is 1. The van der Waals surface area contributed by atoms with Gasteiger partial charge in [0.15, 0.2) is 0 Å². The number of carbonyl (C=O) groups excluding carboxylic acids is 1. The van der Waals surface area contributed by atoms with Crippen LogP contribution in [0.15, 0.2) is 0 Å². The van der Waals surface area contributed by atoms with Gasteiger partial charge >= 0.3 is 0 Å². The minimum Gasteiger partial charge on any atom is -0.378 e. The summed E-state index contributed by atoms with van der Waals surface area (Å²) in [6, 6.07) is 0. The van der Waals surface area contributed by atoms with Gasteiger partial charge in [-0.25, -0.2) is 0 Å². The van der Waals surface area contributed by atoms with E-state index in [1.165, 1.54) is 0 Å². The third-order valence-electron chi connectivity index (χ3n) is 2.71. The van der Waals surface area contributed by atoms with Gasteiger partial charge in [0.05, 0.1) is 13.2 Å². The van der Waals surface area contributed by atoms with E-state index in [1.807, 2.05) is 4.90 Å². The number of nitrogens with two attached hydrogens (primary N) is 1. The number of amides is 1. The fourth-order valence-corrected chi connectivity index (χ4v) is 1.74. The van der Waals surface area contributed by atoms with Crippen molar-refractivity contribution < 1.29 is 9.53 Å². The van der Waals surface area contributed by atoms with Crippen LogP contribution in [0.1, 0.15) is 32.1 Å². The van der Waals surface area contributed by atoms with Gasteiger partial charge in [-0.1, -0.05) is 12.8 Å². The van der Waals surface area contributed by atoms with Crippen molar-refractivity contribution >= 4 is 18.3 Å². The van der Waals surface area contributed by atoms with Crippen LogP contribution < -0.4 is 5.73 Å². The lowest BCUT2D eigenvalue weighted by molar-refractivity contribution is -0.135. The first-order chi connectivity index (χ1) is 7.34. The fraction of sp³-hybridized carbons (Fsp3) is 0.909. The van der Waals surface area contributed by atoms with Crippen LogP contribution in [0.4, 0.5) is 0 Å². The molecule has 0 aromatic heterocycles. The smallest absolute Gasteiger partial charge is 0.222 e. The maximum absolute atomic E-state index is 11.7. The van der Waals surface area contributed by atoms with E-state index < -0.39 is 0 Å². The summed E-state index contributed by atoms with van der Waals surface area (Å²) in [5, 5.41) is 0. The molecule has 1 rings (SSSR count). The maximum Gasteiger partial charge on any atom is 0.222 e. The van der Waals surface area contributed by atoms with Crippen LogP contribution in [0.3, 0.4) is 0 Å². The van der Waals surface area contributed by atoms with Crippen molar-refractivity contribution in [1.29, 1.82) is 0 Å². The lowest BCUT2D eigenvalue weighted by Gasteiger charge is -2.26. The number of unbranched alkanes of at least 4 members (excludes halogenated alkanes) is 3. The van der Waals surface area contributed by atoms with Crippen LogP contribution >= 0.6 is 12.4 Å². The lowest BCUT2D eigenvalue weighted by atomic mass is 10.1. The molecule has 0 aromatic carbocycles. The molecule has 0 unspecified atom stereocenters. The molecule has 1 amide bonds. The summed E-state index contributed by atoms with van der Waals surface area (Å²) >= 11 is 0. The Kier molecular flexibility index (Phi) is 9.68. The Bertz CT molecular complexity index is 185. The predicted molar refractivity (Wildman–Crippen MR) is 66.8 cm³/mol. The Morgan fingerprint density at radius 2 is 1.75 bits per heavy atom. The molecule has 0 atom stereocenters. The Morgan fingerprint density at radius 1 is 1.12 bits per heavy atom. The highest BCUT2D eigenvalue weighted by Crippen LogP contribution is 2.06. The molecule has 5 heteroatoms. The van der Waals surface area contributed by atoms with E-state index in [-0.39, 0.29) is 18.3 Å². The number of hydrogen-bond donors (Lipinski definition) is 1. The summed E-state index contributed by atoms with van der Waals surface area (Å²) in [7, 11) is 0. The zero-order chi connectivity index (χ0) is 10.9. The minimum atomic E-state index is 0. The summed E-state index contributed by atoms with van der Waals surface area (Å²) < 4.78 is 5.20. The van der Waals surface area contributed by atoms with E-state index in [2.05, 4.69) is 0 Å². The molecule has 0 bridgehead atoms. The number of rotatable bonds is 6. The van der Waals surface area contributed by atoms with Crippen molar-refractivity contribution in [2.45, 2.75) is 32.1 Å². The molecule has 96 valence electrons. The molecule has 0 spiro atoms. The molecule has 1 saturated heterocycles. The maximum atomic E-state index is 11.7. The standard InChI is InChI=1S/C11H22N2O2.ClH/c12-6-4-2-1-3-5-11(14)13-7-9-15-10-8-13;/h1-10,12H2;1H. The number of morpholine rings is 1. The molecule has 1 aliphatic heterocycles. The summed E-state index contributed by atoms with van der Waals surface area (Å²) in [6.45, 7) is 3.68. The van der Waals surface area contributed by atoms with Crippen LogP contribution in [-0.2, 0) is 9.53 Å². The highest BCUT2D eigenvalue weighted by atomic mass is 35.5. The number of hydrogen-bond acceptors (Lipinski definition) is 3. The highest BCUT2D eigenvalue weighted by Gasteiger charge is 2.15. The molecule has 1 fully saturated rings. The van der Waals surface area contributed by atoms with Crippen LogP contribution in [0.5, 0.6) is 0 Å². The van der Waals surface area contributed by atoms with Crippen LogP contribution in [0, 0.1) is 0 Å². The third kappa shape index (κ3) is 6.30. The monoisotopic (exact) mass is 250 g/mol. The molecule has 0 radical (unpaired) electrons. The Hall–Kier alpha value is -0.320. The van der Waals surface area contributed by atoms with Gasteiger partial charge in [-0.2, -0.15) is 0 Å². The van der Waals surface area contributed by atoms with E-state index in [1.54, 1.807) is 0 Å². The van der Waals surface area contributed by atoms with Crippen molar-refractivity contribution in [3.05, 3.63) is 0 Å². The number of ether oxygens (including phenoxy) is 1. The third-order valence-corrected chi connectivity index (χ3v) is 2.71. The largest absolute Gasteiger partial charge is 0.378 e. The normalized spacial score (nSPS) is 15.7. The molecular formula is C11H23ClN2O2. The Morgan fingerprint density at radius 3 is 2.38 bits per heavy atom. The average Bonchev–Trinajstić information content (AvgIpc) is 2.30. The first kappa shape index (κ1) is 15.7. The van der Waals surface area contributed by atoms with Gasteiger partial charge in [0.1, 0.15) is 0 Å². The number of nitrogens with zero attached hydrogens (tertiary/aromatic N) is 1. The van der Waals surface area contributed by atoms with Gasteiger partial charge in [0.2, 0.25) is 5.91 Å². The molecule has 1 aliphatic rings. The van der Waals surface area contributed by atoms with Gasteiger partial charge in [-0.05, 0) is 19.4 Å². The van der Waals surface area contributed by atoms with Gasteiger partial charge < -0.3 is 15.4 Å². The summed E-state index contributed by atoms with van der Waals surface area (Å²) in [5.41, 5.74) is 5.40. The zero-order valence-electron chi connectivity index (χ0n) is 9.82. The zero-order valence-corrected chi connectivity index (χ0v) is 10.6.